The molecule has 2 rings (SSSR count). The van der Waals surface area contributed by atoms with Crippen LogP contribution in [0.5, 0.6) is 0 Å². The molecule has 0 bridgehead atoms. The zero-order valence-electron chi connectivity index (χ0n) is 7.71. The second-order valence-corrected chi connectivity index (χ2v) is 3.52. The summed E-state index contributed by atoms with van der Waals surface area (Å²) in [6.45, 7) is 0. The average molecular weight is 175 g/mol. The van der Waals surface area contributed by atoms with Gasteiger partial charge in [-0.05, 0) is 23.6 Å². The lowest BCUT2D eigenvalue weighted by molar-refractivity contribution is -0.124. The van der Waals surface area contributed by atoms with Crippen LogP contribution in [-0.2, 0) is 4.79 Å². The first kappa shape index (κ1) is 8.30. The smallest absolute Gasteiger partial charge is 0.134 e. The standard InChI is InChI=1S/C11H13NO/c1-12-10-4-2-8(3-5-10)9-6-11(13)7-9/h2-5,9,12H,6-7H2,1H3. The summed E-state index contributed by atoms with van der Waals surface area (Å²) in [5.41, 5.74) is 2.41. The third-order valence-corrected chi connectivity index (χ3v) is 2.62. The van der Waals surface area contributed by atoms with Crippen molar-refractivity contribution in [3.63, 3.8) is 0 Å². The van der Waals surface area contributed by atoms with Crippen LogP contribution in [0.25, 0.3) is 0 Å². The van der Waals surface area contributed by atoms with Crippen LogP contribution in [-0.4, -0.2) is 12.8 Å². The maximum atomic E-state index is 10.8. The number of ketones is 1. The maximum Gasteiger partial charge on any atom is 0.134 e. The van der Waals surface area contributed by atoms with Gasteiger partial charge in [0.05, 0.1) is 0 Å². The van der Waals surface area contributed by atoms with Gasteiger partial charge in [-0.1, -0.05) is 12.1 Å². The molecular formula is C11H13NO. The van der Waals surface area contributed by atoms with E-state index >= 15 is 0 Å². The van der Waals surface area contributed by atoms with Crippen molar-refractivity contribution in [1.29, 1.82) is 0 Å². The van der Waals surface area contributed by atoms with Gasteiger partial charge >= 0.3 is 0 Å². The van der Waals surface area contributed by atoms with Gasteiger partial charge in [0.2, 0.25) is 0 Å². The topological polar surface area (TPSA) is 29.1 Å². The van der Waals surface area contributed by atoms with Crippen LogP contribution in [0.2, 0.25) is 0 Å². The molecule has 0 aliphatic heterocycles. The molecule has 13 heavy (non-hydrogen) atoms. The van der Waals surface area contributed by atoms with Crippen molar-refractivity contribution in [2.75, 3.05) is 12.4 Å². The second-order valence-electron chi connectivity index (χ2n) is 3.52. The first-order valence-corrected chi connectivity index (χ1v) is 4.59. The highest BCUT2D eigenvalue weighted by atomic mass is 16.1. The fourth-order valence-electron chi connectivity index (χ4n) is 1.65. The summed E-state index contributed by atoms with van der Waals surface area (Å²) in [4.78, 5) is 10.8. The van der Waals surface area contributed by atoms with Gasteiger partial charge in [-0.2, -0.15) is 0 Å². The Kier molecular flexibility index (Phi) is 2.05. The predicted octanol–water partition coefficient (Wildman–Crippen LogP) is 2.17. The third kappa shape index (κ3) is 1.57. The Labute approximate surface area is 78.0 Å². The van der Waals surface area contributed by atoms with Crippen molar-refractivity contribution in [2.45, 2.75) is 18.8 Å². The van der Waals surface area contributed by atoms with Crippen molar-refractivity contribution in [3.8, 4) is 0 Å². The van der Waals surface area contributed by atoms with Crippen LogP contribution in [0.15, 0.2) is 24.3 Å². The van der Waals surface area contributed by atoms with Gasteiger partial charge in [-0.25, -0.2) is 0 Å². The highest BCUT2D eigenvalue weighted by molar-refractivity contribution is 5.86. The molecule has 0 heterocycles. The molecular weight excluding hydrogens is 162 g/mol. The van der Waals surface area contributed by atoms with Crippen molar-refractivity contribution < 1.29 is 4.79 Å². The summed E-state index contributed by atoms with van der Waals surface area (Å²) in [5.74, 6) is 0.876. The molecule has 68 valence electrons. The molecule has 1 saturated carbocycles. The van der Waals surface area contributed by atoms with E-state index < -0.39 is 0 Å². The summed E-state index contributed by atoms with van der Waals surface area (Å²) in [6.07, 6.45) is 1.47. The summed E-state index contributed by atoms with van der Waals surface area (Å²) < 4.78 is 0. The number of anilines is 1. The van der Waals surface area contributed by atoms with Gasteiger partial charge in [-0.15, -0.1) is 0 Å². The molecule has 1 aliphatic carbocycles. The first-order chi connectivity index (χ1) is 6.29. The van der Waals surface area contributed by atoms with Gasteiger partial charge in [0.15, 0.2) is 0 Å². The maximum absolute atomic E-state index is 10.8. The summed E-state index contributed by atoms with van der Waals surface area (Å²) in [7, 11) is 1.90. The van der Waals surface area contributed by atoms with Gasteiger partial charge in [0, 0.05) is 25.6 Å². The zero-order chi connectivity index (χ0) is 9.26. The third-order valence-electron chi connectivity index (χ3n) is 2.62. The van der Waals surface area contributed by atoms with Gasteiger partial charge in [0.1, 0.15) is 5.78 Å². The molecule has 1 N–H and O–H groups in total. The van der Waals surface area contributed by atoms with Crippen LogP contribution >= 0.6 is 0 Å². The molecule has 0 radical (unpaired) electrons. The van der Waals surface area contributed by atoms with E-state index in [1.165, 1.54) is 5.56 Å². The van der Waals surface area contributed by atoms with Gasteiger partial charge in [0.25, 0.3) is 0 Å². The quantitative estimate of drug-likeness (QED) is 0.746. The Morgan fingerprint density at radius 3 is 2.31 bits per heavy atom. The molecule has 2 heteroatoms. The van der Waals surface area contributed by atoms with Crippen LogP contribution in [0.3, 0.4) is 0 Å². The van der Waals surface area contributed by atoms with E-state index in [2.05, 4.69) is 29.6 Å². The van der Waals surface area contributed by atoms with Crippen LogP contribution in [0.4, 0.5) is 5.69 Å². The molecule has 0 aromatic heterocycles. The molecule has 1 aromatic rings. The van der Waals surface area contributed by atoms with Crippen molar-refractivity contribution in [3.05, 3.63) is 29.8 Å². The lowest BCUT2D eigenvalue weighted by atomic mass is 9.79. The Morgan fingerprint density at radius 2 is 1.85 bits per heavy atom. The van der Waals surface area contributed by atoms with Crippen LogP contribution in [0.1, 0.15) is 24.3 Å². The molecule has 0 saturated heterocycles. The monoisotopic (exact) mass is 175 g/mol. The Bertz CT molecular complexity index is 307. The number of rotatable bonds is 2. The highest BCUT2D eigenvalue weighted by Gasteiger charge is 2.27. The summed E-state index contributed by atoms with van der Waals surface area (Å²) in [6, 6.07) is 8.31. The van der Waals surface area contributed by atoms with Crippen LogP contribution in [0, 0.1) is 0 Å². The van der Waals surface area contributed by atoms with Gasteiger partial charge < -0.3 is 5.32 Å². The highest BCUT2D eigenvalue weighted by Crippen LogP contribution is 2.33. The van der Waals surface area contributed by atoms with Gasteiger partial charge in [-0.3, -0.25) is 4.79 Å². The number of hydrogen-bond donors (Lipinski definition) is 1. The summed E-state index contributed by atoms with van der Waals surface area (Å²) in [5, 5.41) is 3.07. The lowest BCUT2D eigenvalue weighted by Gasteiger charge is -2.24. The fourth-order valence-corrected chi connectivity index (χ4v) is 1.65. The Balaban J connectivity index is 2.10. The van der Waals surface area contributed by atoms with Crippen molar-refractivity contribution >= 4 is 11.5 Å². The Morgan fingerprint density at radius 1 is 1.23 bits per heavy atom. The van der Waals surface area contributed by atoms with E-state index in [9.17, 15) is 4.79 Å². The predicted molar refractivity (Wildman–Crippen MR) is 53.0 cm³/mol. The minimum atomic E-state index is 0.391. The number of hydrogen-bond acceptors (Lipinski definition) is 2. The second kappa shape index (κ2) is 3.21. The molecule has 1 aromatic carbocycles. The molecule has 1 fully saturated rings. The minimum Gasteiger partial charge on any atom is -0.388 e. The molecule has 0 spiro atoms. The largest absolute Gasteiger partial charge is 0.388 e. The SMILES string of the molecule is CNc1ccc(C2CC(=O)C2)cc1. The number of benzene rings is 1. The van der Waals surface area contributed by atoms with E-state index in [4.69, 9.17) is 0 Å². The number of nitrogens with one attached hydrogen (secondary N) is 1. The molecule has 0 amide bonds. The van der Waals surface area contributed by atoms with Crippen molar-refractivity contribution in [2.24, 2.45) is 0 Å². The van der Waals surface area contributed by atoms with Crippen LogP contribution < -0.4 is 5.32 Å². The van der Waals surface area contributed by atoms with E-state index in [0.29, 0.717) is 11.7 Å². The minimum absolute atomic E-state index is 0.391. The fraction of sp³-hybridized carbons (Fsp3) is 0.364. The van der Waals surface area contributed by atoms with E-state index in [-0.39, 0.29) is 0 Å². The van der Waals surface area contributed by atoms with E-state index in [0.717, 1.165) is 18.5 Å². The molecule has 0 unspecified atom stereocenters. The molecule has 2 nitrogen and oxygen atoms in total. The zero-order valence-corrected chi connectivity index (χ0v) is 7.71. The first-order valence-electron chi connectivity index (χ1n) is 4.59. The van der Waals surface area contributed by atoms with E-state index in [1.54, 1.807) is 0 Å². The molecule has 1 aliphatic rings. The normalized spacial score (nSPS) is 16.8. The number of Topliss-reactive ketones (excluding diaryl/α,β-unsaturated/α-hetero) is 1. The lowest BCUT2D eigenvalue weighted by Crippen LogP contribution is -2.20. The number of carbonyl (C=O) groups excluding carboxylic acids is 1. The molecule has 0 atom stereocenters. The Hall–Kier alpha value is -1.31. The van der Waals surface area contributed by atoms with E-state index in [1.807, 2.05) is 7.05 Å². The summed E-state index contributed by atoms with van der Waals surface area (Å²) >= 11 is 0. The average Bonchev–Trinajstić information content (AvgIpc) is 2.13. The van der Waals surface area contributed by atoms with Crippen molar-refractivity contribution in [1.82, 2.24) is 0 Å². The number of carbonyl (C=O) groups is 1.